The molecule has 0 N–H and O–H groups in total. The summed E-state index contributed by atoms with van der Waals surface area (Å²) in [4.78, 5) is 17.3. The number of carbonyl (C=O) groups is 1. The number of fused-ring (bicyclic) bond motifs is 1. The molecule has 1 aliphatic rings. The van der Waals surface area contributed by atoms with Crippen LogP contribution in [-0.2, 0) is 17.8 Å². The van der Waals surface area contributed by atoms with Crippen molar-refractivity contribution >= 4 is 23.4 Å². The zero-order chi connectivity index (χ0) is 23.4. The lowest BCUT2D eigenvalue weighted by Crippen LogP contribution is -2.36. The van der Waals surface area contributed by atoms with Crippen molar-refractivity contribution < 1.29 is 9.53 Å². The Morgan fingerprint density at radius 3 is 2.42 bits per heavy atom. The van der Waals surface area contributed by atoms with Crippen LogP contribution in [0.15, 0.2) is 71.6 Å². The van der Waals surface area contributed by atoms with Crippen LogP contribution in [0.4, 0.5) is 5.69 Å². The average molecular weight is 460 g/mol. The first-order valence-electron chi connectivity index (χ1n) is 11.7. The van der Waals surface area contributed by atoms with E-state index in [0.717, 1.165) is 41.8 Å². The molecule has 1 amide bonds. The molecule has 4 rings (SSSR count). The van der Waals surface area contributed by atoms with Crippen LogP contribution in [0.1, 0.15) is 60.8 Å². The standard InChI is InChI=1S/C29H33NO2S/c1-20(2)22-10-13-24(14-11-22)30(19-21-8-16-26(33-4)17-9-21)29(31)27-7-5-6-23-12-15-25(32-3)18-28(23)27/h8-18,20,27H,5-7,19H2,1-4H3. The Labute approximate surface area is 202 Å². The molecule has 1 atom stereocenters. The normalized spacial score (nSPS) is 15.2. The predicted molar refractivity (Wildman–Crippen MR) is 139 cm³/mol. The molecule has 0 bridgehead atoms. The number of rotatable bonds is 7. The highest BCUT2D eigenvalue weighted by Gasteiger charge is 2.31. The molecule has 0 heterocycles. The summed E-state index contributed by atoms with van der Waals surface area (Å²) < 4.78 is 5.48. The Morgan fingerprint density at radius 2 is 1.79 bits per heavy atom. The van der Waals surface area contributed by atoms with Gasteiger partial charge in [0, 0.05) is 10.6 Å². The van der Waals surface area contributed by atoms with Gasteiger partial charge in [0.25, 0.3) is 0 Å². The van der Waals surface area contributed by atoms with Gasteiger partial charge >= 0.3 is 0 Å². The lowest BCUT2D eigenvalue weighted by atomic mass is 9.81. The molecule has 0 saturated carbocycles. The van der Waals surface area contributed by atoms with E-state index in [2.05, 4.69) is 80.8 Å². The third kappa shape index (κ3) is 5.27. The molecule has 1 unspecified atom stereocenters. The summed E-state index contributed by atoms with van der Waals surface area (Å²) in [5.74, 6) is 1.28. The van der Waals surface area contributed by atoms with Crippen molar-refractivity contribution in [3.63, 3.8) is 0 Å². The van der Waals surface area contributed by atoms with Crippen LogP contribution < -0.4 is 9.64 Å². The third-order valence-electron chi connectivity index (χ3n) is 6.60. The largest absolute Gasteiger partial charge is 0.497 e. The van der Waals surface area contributed by atoms with E-state index < -0.39 is 0 Å². The number of amides is 1. The van der Waals surface area contributed by atoms with Gasteiger partial charge in [0.2, 0.25) is 5.91 Å². The van der Waals surface area contributed by atoms with Crippen molar-refractivity contribution in [1.82, 2.24) is 0 Å². The summed E-state index contributed by atoms with van der Waals surface area (Å²) in [7, 11) is 1.68. The third-order valence-corrected chi connectivity index (χ3v) is 7.35. The fourth-order valence-electron chi connectivity index (χ4n) is 4.60. The Bertz CT molecular complexity index is 1090. The number of aryl methyl sites for hydroxylation is 1. The van der Waals surface area contributed by atoms with Gasteiger partial charge in [-0.2, -0.15) is 0 Å². The molecule has 33 heavy (non-hydrogen) atoms. The summed E-state index contributed by atoms with van der Waals surface area (Å²) in [6.07, 6.45) is 4.99. The molecule has 0 aliphatic heterocycles. The molecule has 0 saturated heterocycles. The summed E-state index contributed by atoms with van der Waals surface area (Å²) in [5, 5.41) is 0. The molecule has 1 aliphatic carbocycles. The number of hydrogen-bond acceptors (Lipinski definition) is 3. The van der Waals surface area contributed by atoms with E-state index in [1.807, 2.05) is 11.0 Å². The maximum Gasteiger partial charge on any atom is 0.234 e. The molecule has 0 spiro atoms. The summed E-state index contributed by atoms with van der Waals surface area (Å²) in [5.41, 5.74) is 5.75. The monoisotopic (exact) mass is 459 g/mol. The van der Waals surface area contributed by atoms with Gasteiger partial charge in [0.1, 0.15) is 5.75 Å². The van der Waals surface area contributed by atoms with Gasteiger partial charge in [-0.05, 0) is 90.1 Å². The van der Waals surface area contributed by atoms with Gasteiger partial charge in [0.05, 0.1) is 19.6 Å². The molecule has 3 aromatic carbocycles. The van der Waals surface area contributed by atoms with Crippen molar-refractivity contribution in [3.05, 3.63) is 89.0 Å². The van der Waals surface area contributed by atoms with E-state index in [-0.39, 0.29) is 11.8 Å². The lowest BCUT2D eigenvalue weighted by molar-refractivity contribution is -0.120. The second-order valence-electron chi connectivity index (χ2n) is 9.03. The number of carbonyl (C=O) groups excluding carboxylic acids is 1. The summed E-state index contributed by atoms with van der Waals surface area (Å²) >= 11 is 1.73. The molecule has 172 valence electrons. The van der Waals surface area contributed by atoms with Crippen LogP contribution in [0, 0.1) is 0 Å². The molecule has 3 aromatic rings. The highest BCUT2D eigenvalue weighted by Crippen LogP contribution is 2.37. The minimum atomic E-state index is -0.154. The van der Waals surface area contributed by atoms with Crippen LogP contribution in [0.25, 0.3) is 0 Å². The molecule has 0 radical (unpaired) electrons. The molecular formula is C29H33NO2S. The quantitative estimate of drug-likeness (QED) is 0.350. The first-order chi connectivity index (χ1) is 16.0. The Kier molecular flexibility index (Phi) is 7.44. The SMILES string of the molecule is COc1ccc2c(c1)C(C(=O)N(Cc1ccc(SC)cc1)c1ccc(C(C)C)cc1)CCC2. The fourth-order valence-corrected chi connectivity index (χ4v) is 5.01. The maximum absolute atomic E-state index is 14.1. The molecule has 4 heteroatoms. The topological polar surface area (TPSA) is 29.5 Å². The van der Waals surface area contributed by atoms with Crippen LogP contribution >= 0.6 is 11.8 Å². The van der Waals surface area contributed by atoms with Gasteiger partial charge < -0.3 is 9.64 Å². The Balaban J connectivity index is 1.70. The zero-order valence-corrected chi connectivity index (χ0v) is 20.8. The maximum atomic E-state index is 14.1. The van der Waals surface area contributed by atoms with Crippen molar-refractivity contribution in [3.8, 4) is 5.75 Å². The minimum absolute atomic E-state index is 0.154. The first-order valence-corrected chi connectivity index (χ1v) is 12.9. The average Bonchev–Trinajstić information content (AvgIpc) is 2.86. The van der Waals surface area contributed by atoms with E-state index >= 15 is 0 Å². The Hall–Kier alpha value is -2.72. The van der Waals surface area contributed by atoms with Gasteiger partial charge in [-0.15, -0.1) is 11.8 Å². The van der Waals surface area contributed by atoms with Crippen LogP contribution in [0.2, 0.25) is 0 Å². The van der Waals surface area contributed by atoms with Crippen LogP contribution in [0.3, 0.4) is 0 Å². The van der Waals surface area contributed by atoms with E-state index in [4.69, 9.17) is 4.74 Å². The van der Waals surface area contributed by atoms with E-state index in [1.165, 1.54) is 16.0 Å². The minimum Gasteiger partial charge on any atom is -0.497 e. The van der Waals surface area contributed by atoms with Crippen molar-refractivity contribution in [2.24, 2.45) is 0 Å². The first kappa shape index (κ1) is 23.4. The van der Waals surface area contributed by atoms with Crippen LogP contribution in [-0.4, -0.2) is 19.3 Å². The van der Waals surface area contributed by atoms with E-state index in [0.29, 0.717) is 12.5 Å². The lowest BCUT2D eigenvalue weighted by Gasteiger charge is -2.31. The predicted octanol–water partition coefficient (Wildman–Crippen LogP) is 7.19. The fraction of sp³-hybridized carbons (Fsp3) is 0.345. The van der Waals surface area contributed by atoms with E-state index in [1.54, 1.807) is 18.9 Å². The number of anilines is 1. The van der Waals surface area contributed by atoms with Crippen LogP contribution in [0.5, 0.6) is 5.75 Å². The smallest absolute Gasteiger partial charge is 0.234 e. The number of thioether (sulfide) groups is 1. The number of benzene rings is 3. The van der Waals surface area contributed by atoms with Crippen molar-refractivity contribution in [2.45, 2.75) is 56.4 Å². The number of hydrogen-bond donors (Lipinski definition) is 0. The summed E-state index contributed by atoms with van der Waals surface area (Å²) in [6.45, 7) is 4.94. The van der Waals surface area contributed by atoms with Crippen molar-refractivity contribution in [2.75, 3.05) is 18.3 Å². The molecular weight excluding hydrogens is 426 g/mol. The van der Waals surface area contributed by atoms with E-state index in [9.17, 15) is 4.79 Å². The number of methoxy groups -OCH3 is 1. The van der Waals surface area contributed by atoms with Gasteiger partial charge in [0.15, 0.2) is 0 Å². The highest BCUT2D eigenvalue weighted by molar-refractivity contribution is 7.98. The zero-order valence-electron chi connectivity index (χ0n) is 20.0. The molecule has 0 fully saturated rings. The molecule has 3 nitrogen and oxygen atoms in total. The van der Waals surface area contributed by atoms with Gasteiger partial charge in [-0.25, -0.2) is 0 Å². The highest BCUT2D eigenvalue weighted by atomic mass is 32.2. The Morgan fingerprint density at radius 1 is 1.06 bits per heavy atom. The van der Waals surface area contributed by atoms with Gasteiger partial charge in [-0.1, -0.05) is 44.2 Å². The summed E-state index contributed by atoms with van der Waals surface area (Å²) in [6, 6.07) is 23.2. The van der Waals surface area contributed by atoms with Crippen molar-refractivity contribution in [1.29, 1.82) is 0 Å². The van der Waals surface area contributed by atoms with Gasteiger partial charge in [-0.3, -0.25) is 4.79 Å². The second-order valence-corrected chi connectivity index (χ2v) is 9.91. The number of ether oxygens (including phenoxy) is 1. The number of nitrogens with zero attached hydrogens (tertiary/aromatic N) is 1. The second kappa shape index (κ2) is 10.5. The molecule has 0 aromatic heterocycles.